The second-order valence-electron chi connectivity index (χ2n) is 3.11. The number of hydrogen-bond acceptors (Lipinski definition) is 2. The standard InChI is InChI=1S/C8H16N2O/c1-9-6-8(11)10-5-4-7-2-3-7/h7,9H,2-6H2,1H3,(H,10,11). The SMILES string of the molecule is CNCC(=O)NCCC1CC1. The first kappa shape index (κ1) is 8.53. The Morgan fingerprint density at radius 2 is 2.27 bits per heavy atom. The molecule has 0 saturated heterocycles. The Morgan fingerprint density at radius 1 is 1.55 bits per heavy atom. The third-order valence-electron chi connectivity index (χ3n) is 1.91. The van der Waals surface area contributed by atoms with Crippen molar-refractivity contribution in [2.75, 3.05) is 20.1 Å². The molecule has 1 fully saturated rings. The summed E-state index contributed by atoms with van der Waals surface area (Å²) in [4.78, 5) is 10.9. The van der Waals surface area contributed by atoms with Crippen LogP contribution in [0.1, 0.15) is 19.3 Å². The molecule has 0 atom stereocenters. The average molecular weight is 156 g/mol. The van der Waals surface area contributed by atoms with Crippen LogP contribution in [0.25, 0.3) is 0 Å². The maximum Gasteiger partial charge on any atom is 0.233 e. The predicted octanol–water partition coefficient (Wildman–Crippen LogP) is 0.122. The summed E-state index contributed by atoms with van der Waals surface area (Å²) in [6.45, 7) is 1.29. The summed E-state index contributed by atoms with van der Waals surface area (Å²) in [5, 5.41) is 5.66. The first-order valence-corrected chi connectivity index (χ1v) is 4.24. The monoisotopic (exact) mass is 156 g/mol. The number of amides is 1. The molecule has 0 aromatic heterocycles. The molecule has 3 heteroatoms. The van der Waals surface area contributed by atoms with Crippen LogP contribution in [-0.4, -0.2) is 26.0 Å². The fraction of sp³-hybridized carbons (Fsp3) is 0.875. The van der Waals surface area contributed by atoms with E-state index in [9.17, 15) is 4.79 Å². The molecule has 1 aliphatic rings. The number of hydrogen-bond donors (Lipinski definition) is 2. The first-order valence-electron chi connectivity index (χ1n) is 4.24. The zero-order valence-electron chi connectivity index (χ0n) is 7.02. The number of rotatable bonds is 5. The molecule has 0 heterocycles. The molecule has 0 bridgehead atoms. The normalized spacial score (nSPS) is 16.5. The Morgan fingerprint density at radius 3 is 2.82 bits per heavy atom. The van der Waals surface area contributed by atoms with Crippen molar-refractivity contribution >= 4 is 5.91 Å². The summed E-state index contributed by atoms with van der Waals surface area (Å²) >= 11 is 0. The van der Waals surface area contributed by atoms with Crippen molar-refractivity contribution in [3.05, 3.63) is 0 Å². The van der Waals surface area contributed by atoms with Crippen molar-refractivity contribution in [3.63, 3.8) is 0 Å². The topological polar surface area (TPSA) is 41.1 Å². The Balaban J connectivity index is 1.88. The van der Waals surface area contributed by atoms with Crippen LogP contribution in [0.4, 0.5) is 0 Å². The highest BCUT2D eigenvalue weighted by Gasteiger charge is 2.20. The van der Waals surface area contributed by atoms with Gasteiger partial charge in [-0.3, -0.25) is 4.79 Å². The van der Waals surface area contributed by atoms with Gasteiger partial charge in [-0.2, -0.15) is 0 Å². The lowest BCUT2D eigenvalue weighted by molar-refractivity contribution is -0.120. The molecule has 0 radical (unpaired) electrons. The van der Waals surface area contributed by atoms with Gasteiger partial charge in [0.1, 0.15) is 0 Å². The Kier molecular flexibility index (Phi) is 3.36. The molecule has 0 aromatic carbocycles. The molecule has 1 saturated carbocycles. The van der Waals surface area contributed by atoms with Crippen LogP contribution in [0, 0.1) is 5.92 Å². The number of likely N-dealkylation sites (N-methyl/N-ethyl adjacent to an activating group) is 1. The molecule has 2 N–H and O–H groups in total. The van der Waals surface area contributed by atoms with E-state index in [0.717, 1.165) is 18.9 Å². The van der Waals surface area contributed by atoms with Gasteiger partial charge in [0.15, 0.2) is 0 Å². The molecule has 0 aliphatic heterocycles. The van der Waals surface area contributed by atoms with Crippen LogP contribution in [0.3, 0.4) is 0 Å². The third-order valence-corrected chi connectivity index (χ3v) is 1.91. The zero-order chi connectivity index (χ0) is 8.10. The number of carbonyl (C=O) groups is 1. The lowest BCUT2D eigenvalue weighted by Gasteiger charge is -2.02. The van der Waals surface area contributed by atoms with Crippen LogP contribution < -0.4 is 10.6 Å². The molecule has 0 spiro atoms. The van der Waals surface area contributed by atoms with Gasteiger partial charge in [-0.25, -0.2) is 0 Å². The van der Waals surface area contributed by atoms with E-state index < -0.39 is 0 Å². The van der Waals surface area contributed by atoms with E-state index in [4.69, 9.17) is 0 Å². The molecule has 1 amide bonds. The Labute approximate surface area is 67.5 Å². The second kappa shape index (κ2) is 4.34. The summed E-state index contributed by atoms with van der Waals surface area (Å²) in [5.74, 6) is 1.01. The maximum absolute atomic E-state index is 10.9. The van der Waals surface area contributed by atoms with Crippen LogP contribution in [0.15, 0.2) is 0 Å². The van der Waals surface area contributed by atoms with Gasteiger partial charge in [-0.1, -0.05) is 12.8 Å². The smallest absolute Gasteiger partial charge is 0.233 e. The van der Waals surface area contributed by atoms with Gasteiger partial charge in [0.2, 0.25) is 5.91 Å². The summed E-state index contributed by atoms with van der Waals surface area (Å²) in [6.07, 6.45) is 3.89. The fourth-order valence-corrected chi connectivity index (χ4v) is 1.05. The van der Waals surface area contributed by atoms with Crippen molar-refractivity contribution in [2.45, 2.75) is 19.3 Å². The second-order valence-corrected chi connectivity index (χ2v) is 3.11. The van der Waals surface area contributed by atoms with E-state index in [-0.39, 0.29) is 5.91 Å². The zero-order valence-corrected chi connectivity index (χ0v) is 7.02. The minimum atomic E-state index is 0.105. The van der Waals surface area contributed by atoms with E-state index in [2.05, 4.69) is 10.6 Å². The number of nitrogens with one attached hydrogen (secondary N) is 2. The van der Waals surface area contributed by atoms with E-state index in [1.54, 1.807) is 7.05 Å². The molecule has 11 heavy (non-hydrogen) atoms. The highest BCUT2D eigenvalue weighted by atomic mass is 16.1. The minimum Gasteiger partial charge on any atom is -0.355 e. The molecule has 1 aliphatic carbocycles. The van der Waals surface area contributed by atoms with Crippen molar-refractivity contribution < 1.29 is 4.79 Å². The van der Waals surface area contributed by atoms with E-state index in [1.807, 2.05) is 0 Å². The van der Waals surface area contributed by atoms with Gasteiger partial charge >= 0.3 is 0 Å². The molecule has 1 rings (SSSR count). The van der Waals surface area contributed by atoms with E-state index in [0.29, 0.717) is 6.54 Å². The molecule has 0 aromatic rings. The number of carbonyl (C=O) groups excluding carboxylic acids is 1. The van der Waals surface area contributed by atoms with Gasteiger partial charge in [0, 0.05) is 6.54 Å². The molecular formula is C8H16N2O. The Hall–Kier alpha value is -0.570. The maximum atomic E-state index is 10.9. The van der Waals surface area contributed by atoms with Gasteiger partial charge in [-0.15, -0.1) is 0 Å². The largest absolute Gasteiger partial charge is 0.355 e. The van der Waals surface area contributed by atoms with E-state index in [1.165, 1.54) is 12.8 Å². The fourth-order valence-electron chi connectivity index (χ4n) is 1.05. The summed E-state index contributed by atoms with van der Waals surface area (Å²) in [6, 6.07) is 0. The highest BCUT2D eigenvalue weighted by molar-refractivity contribution is 5.77. The summed E-state index contributed by atoms with van der Waals surface area (Å²) in [7, 11) is 1.78. The van der Waals surface area contributed by atoms with Gasteiger partial charge in [0.25, 0.3) is 0 Å². The first-order chi connectivity index (χ1) is 5.33. The summed E-state index contributed by atoms with van der Waals surface area (Å²) in [5.41, 5.74) is 0. The van der Waals surface area contributed by atoms with E-state index >= 15 is 0 Å². The van der Waals surface area contributed by atoms with Gasteiger partial charge in [0.05, 0.1) is 6.54 Å². The molecular weight excluding hydrogens is 140 g/mol. The van der Waals surface area contributed by atoms with Crippen molar-refractivity contribution in [1.82, 2.24) is 10.6 Å². The molecule has 64 valence electrons. The lowest BCUT2D eigenvalue weighted by Crippen LogP contribution is -2.32. The molecule has 3 nitrogen and oxygen atoms in total. The van der Waals surface area contributed by atoms with Crippen LogP contribution in [0.2, 0.25) is 0 Å². The van der Waals surface area contributed by atoms with Gasteiger partial charge < -0.3 is 10.6 Å². The average Bonchev–Trinajstić information content (AvgIpc) is 2.72. The summed E-state index contributed by atoms with van der Waals surface area (Å²) < 4.78 is 0. The Bertz CT molecular complexity index is 132. The minimum absolute atomic E-state index is 0.105. The van der Waals surface area contributed by atoms with Crippen molar-refractivity contribution in [2.24, 2.45) is 5.92 Å². The predicted molar refractivity (Wildman–Crippen MR) is 44.3 cm³/mol. The van der Waals surface area contributed by atoms with Crippen LogP contribution >= 0.6 is 0 Å². The lowest BCUT2D eigenvalue weighted by atomic mass is 10.3. The quantitative estimate of drug-likeness (QED) is 0.593. The van der Waals surface area contributed by atoms with Crippen molar-refractivity contribution in [1.29, 1.82) is 0 Å². The van der Waals surface area contributed by atoms with Crippen LogP contribution in [0.5, 0.6) is 0 Å². The van der Waals surface area contributed by atoms with Gasteiger partial charge in [-0.05, 0) is 19.4 Å². The van der Waals surface area contributed by atoms with Crippen LogP contribution in [-0.2, 0) is 4.79 Å². The molecule has 0 unspecified atom stereocenters. The third kappa shape index (κ3) is 3.98. The highest BCUT2D eigenvalue weighted by Crippen LogP contribution is 2.31. The van der Waals surface area contributed by atoms with Crippen molar-refractivity contribution in [3.8, 4) is 0 Å².